The van der Waals surface area contributed by atoms with Gasteiger partial charge in [-0.2, -0.15) is 0 Å². The fourth-order valence-corrected chi connectivity index (χ4v) is 3.91. The van der Waals surface area contributed by atoms with Gasteiger partial charge in [0.25, 0.3) is 0 Å². The van der Waals surface area contributed by atoms with Crippen molar-refractivity contribution in [2.24, 2.45) is 0 Å². The molecule has 8 nitrogen and oxygen atoms in total. The number of aliphatic hydroxyl groups is 1. The number of esters is 1. The lowest BCUT2D eigenvalue weighted by atomic mass is 10.1. The SMILES string of the molecule is CCCCCC(O)CCn1c(=O)n(-c2ccccc2)c(=O)n1CCCCCCC(=O)OCC. The molecule has 2 rings (SSSR count). The minimum atomic E-state index is -0.491. The Balaban J connectivity index is 2.07. The zero-order valence-electron chi connectivity index (χ0n) is 20.1. The number of benzene rings is 1. The summed E-state index contributed by atoms with van der Waals surface area (Å²) < 4.78 is 9.11. The molecule has 0 spiro atoms. The van der Waals surface area contributed by atoms with Gasteiger partial charge in [0, 0.05) is 19.5 Å². The second-order valence-electron chi connectivity index (χ2n) is 8.39. The highest BCUT2D eigenvalue weighted by Crippen LogP contribution is 2.09. The Morgan fingerprint density at radius 3 is 2.21 bits per heavy atom. The second kappa shape index (κ2) is 14.5. The highest BCUT2D eigenvalue weighted by atomic mass is 16.5. The van der Waals surface area contributed by atoms with E-state index in [1.54, 1.807) is 31.2 Å². The van der Waals surface area contributed by atoms with Crippen LogP contribution in [0.1, 0.15) is 78.1 Å². The first-order valence-corrected chi connectivity index (χ1v) is 12.3. The van der Waals surface area contributed by atoms with E-state index in [4.69, 9.17) is 4.74 Å². The van der Waals surface area contributed by atoms with E-state index in [0.717, 1.165) is 44.9 Å². The summed E-state index contributed by atoms with van der Waals surface area (Å²) >= 11 is 0. The number of rotatable bonds is 16. The molecule has 1 aromatic carbocycles. The number of para-hydroxylation sites is 1. The molecule has 1 heterocycles. The van der Waals surface area contributed by atoms with Gasteiger partial charge in [-0.15, -0.1) is 0 Å². The van der Waals surface area contributed by atoms with Crippen LogP contribution in [-0.4, -0.2) is 37.7 Å². The highest BCUT2D eigenvalue weighted by molar-refractivity contribution is 5.69. The Morgan fingerprint density at radius 1 is 0.879 bits per heavy atom. The van der Waals surface area contributed by atoms with E-state index in [2.05, 4.69) is 6.92 Å². The molecule has 8 heteroatoms. The summed E-state index contributed by atoms with van der Waals surface area (Å²) in [5.41, 5.74) is -0.203. The number of hydrogen-bond acceptors (Lipinski definition) is 5. The van der Waals surface area contributed by atoms with Gasteiger partial charge in [0.05, 0.1) is 18.4 Å². The monoisotopic (exact) mass is 461 g/mol. The summed E-state index contributed by atoms with van der Waals surface area (Å²) in [5, 5.41) is 10.3. The maximum Gasteiger partial charge on any atom is 0.351 e. The highest BCUT2D eigenvalue weighted by Gasteiger charge is 2.18. The van der Waals surface area contributed by atoms with Gasteiger partial charge < -0.3 is 9.84 Å². The van der Waals surface area contributed by atoms with Crippen molar-refractivity contribution in [2.75, 3.05) is 6.61 Å². The van der Waals surface area contributed by atoms with Crippen LogP contribution in [0, 0.1) is 0 Å². The van der Waals surface area contributed by atoms with E-state index >= 15 is 0 Å². The molecule has 0 aliphatic heterocycles. The molecule has 1 atom stereocenters. The largest absolute Gasteiger partial charge is 0.466 e. The first-order valence-electron chi connectivity index (χ1n) is 12.3. The van der Waals surface area contributed by atoms with Crippen LogP contribution < -0.4 is 11.4 Å². The molecule has 0 bridgehead atoms. The van der Waals surface area contributed by atoms with Gasteiger partial charge in [0.2, 0.25) is 0 Å². The molecule has 0 aliphatic carbocycles. The van der Waals surface area contributed by atoms with Gasteiger partial charge in [0.1, 0.15) is 0 Å². The molecule has 1 aromatic heterocycles. The standard InChI is InChI=1S/C25H39N3O5/c1-3-5-9-16-22(29)18-20-27-25(32)28(21-14-10-8-11-15-21)24(31)26(27)19-13-7-6-12-17-23(30)33-4-2/h8,10-11,14-15,22,29H,3-7,9,12-13,16-20H2,1-2H3. The van der Waals surface area contributed by atoms with Crippen molar-refractivity contribution >= 4 is 5.97 Å². The molecule has 0 aliphatic rings. The number of carbonyl (C=O) groups excluding carboxylic acids is 1. The predicted molar refractivity (Wildman–Crippen MR) is 129 cm³/mol. The zero-order valence-corrected chi connectivity index (χ0v) is 20.1. The lowest BCUT2D eigenvalue weighted by Gasteiger charge is -2.13. The smallest absolute Gasteiger partial charge is 0.351 e. The third-order valence-corrected chi connectivity index (χ3v) is 5.75. The molecule has 1 unspecified atom stereocenters. The Bertz CT molecular complexity index is 945. The number of ether oxygens (including phenoxy) is 1. The van der Waals surface area contributed by atoms with Crippen LogP contribution in [0.2, 0.25) is 0 Å². The van der Waals surface area contributed by atoms with Crippen molar-refractivity contribution in [3.8, 4) is 5.69 Å². The zero-order chi connectivity index (χ0) is 24.1. The van der Waals surface area contributed by atoms with Gasteiger partial charge in [0.15, 0.2) is 0 Å². The van der Waals surface area contributed by atoms with E-state index in [9.17, 15) is 19.5 Å². The Labute approximate surface area is 195 Å². The van der Waals surface area contributed by atoms with Crippen LogP contribution in [-0.2, 0) is 22.6 Å². The lowest BCUT2D eigenvalue weighted by molar-refractivity contribution is -0.143. The molecule has 0 saturated heterocycles. The van der Waals surface area contributed by atoms with E-state index in [0.29, 0.717) is 44.6 Å². The number of unbranched alkanes of at least 4 members (excludes halogenated alkanes) is 5. The van der Waals surface area contributed by atoms with Crippen LogP contribution >= 0.6 is 0 Å². The van der Waals surface area contributed by atoms with Crippen LogP contribution in [0.4, 0.5) is 0 Å². The summed E-state index contributed by atoms with van der Waals surface area (Å²) in [7, 11) is 0. The summed E-state index contributed by atoms with van der Waals surface area (Å²) in [4.78, 5) is 37.7. The Kier molecular flexibility index (Phi) is 11.7. The lowest BCUT2D eigenvalue weighted by Crippen LogP contribution is -2.28. The second-order valence-corrected chi connectivity index (χ2v) is 8.39. The molecule has 1 N–H and O–H groups in total. The average Bonchev–Trinajstić information content (AvgIpc) is 3.04. The minimum absolute atomic E-state index is 0.181. The molecule has 0 amide bonds. The van der Waals surface area contributed by atoms with E-state index in [1.807, 2.05) is 6.07 Å². The summed E-state index contributed by atoms with van der Waals surface area (Å²) in [6.45, 7) is 5.02. The molecular weight excluding hydrogens is 422 g/mol. The van der Waals surface area contributed by atoms with Crippen molar-refractivity contribution in [3.05, 3.63) is 51.3 Å². The van der Waals surface area contributed by atoms with Crippen LogP contribution in [0.15, 0.2) is 39.9 Å². The molecule has 0 fully saturated rings. The fraction of sp³-hybridized carbons (Fsp3) is 0.640. The van der Waals surface area contributed by atoms with Crippen molar-refractivity contribution in [1.29, 1.82) is 0 Å². The number of aliphatic hydroxyl groups excluding tert-OH is 1. The maximum atomic E-state index is 13.1. The van der Waals surface area contributed by atoms with Gasteiger partial charge >= 0.3 is 17.3 Å². The normalized spacial score (nSPS) is 12.1. The Hall–Kier alpha value is -2.61. The van der Waals surface area contributed by atoms with Crippen LogP contribution in [0.3, 0.4) is 0 Å². The van der Waals surface area contributed by atoms with Crippen LogP contribution in [0.5, 0.6) is 0 Å². The Morgan fingerprint density at radius 2 is 1.55 bits per heavy atom. The molecule has 33 heavy (non-hydrogen) atoms. The van der Waals surface area contributed by atoms with Crippen LogP contribution in [0.25, 0.3) is 5.69 Å². The fourth-order valence-electron chi connectivity index (χ4n) is 3.91. The predicted octanol–water partition coefficient (Wildman–Crippen LogP) is 3.65. The van der Waals surface area contributed by atoms with Gasteiger partial charge in [-0.1, -0.05) is 57.2 Å². The van der Waals surface area contributed by atoms with Gasteiger partial charge in [-0.05, 0) is 44.7 Å². The third-order valence-electron chi connectivity index (χ3n) is 5.75. The first-order chi connectivity index (χ1) is 16.0. The average molecular weight is 462 g/mol. The maximum absolute atomic E-state index is 13.1. The minimum Gasteiger partial charge on any atom is -0.466 e. The number of aromatic nitrogens is 3. The molecule has 0 radical (unpaired) electrons. The van der Waals surface area contributed by atoms with Crippen molar-refractivity contribution in [2.45, 2.75) is 97.2 Å². The van der Waals surface area contributed by atoms with E-state index in [1.165, 1.54) is 13.9 Å². The molecule has 0 saturated carbocycles. The van der Waals surface area contributed by atoms with Gasteiger partial charge in [-0.3, -0.25) is 4.79 Å². The number of carbonyl (C=O) groups is 1. The summed E-state index contributed by atoms with van der Waals surface area (Å²) in [6, 6.07) is 8.92. The summed E-state index contributed by atoms with van der Waals surface area (Å²) in [6.07, 6.45) is 7.32. The van der Waals surface area contributed by atoms with Crippen molar-refractivity contribution in [3.63, 3.8) is 0 Å². The molecule has 184 valence electrons. The van der Waals surface area contributed by atoms with Crippen molar-refractivity contribution in [1.82, 2.24) is 13.9 Å². The van der Waals surface area contributed by atoms with Gasteiger partial charge in [-0.25, -0.2) is 23.5 Å². The molecule has 2 aromatic rings. The summed E-state index contributed by atoms with van der Waals surface area (Å²) in [5.74, 6) is -0.181. The molecular formula is C25H39N3O5. The van der Waals surface area contributed by atoms with E-state index in [-0.39, 0.29) is 17.3 Å². The van der Waals surface area contributed by atoms with E-state index < -0.39 is 6.10 Å². The first kappa shape index (κ1) is 26.6. The quantitative estimate of drug-likeness (QED) is 0.304. The third kappa shape index (κ3) is 8.35. The van der Waals surface area contributed by atoms with Crippen molar-refractivity contribution < 1.29 is 14.6 Å². The number of nitrogens with zero attached hydrogens (tertiary/aromatic N) is 3. The number of hydrogen-bond donors (Lipinski definition) is 1. The topological polar surface area (TPSA) is 95.5 Å².